The Morgan fingerprint density at radius 2 is 2.04 bits per heavy atom. The molecule has 1 aromatic carbocycles. The maximum absolute atomic E-state index is 12.8. The molecule has 0 bridgehead atoms. The van der Waals surface area contributed by atoms with Crippen molar-refractivity contribution in [2.24, 2.45) is 0 Å². The highest BCUT2D eigenvalue weighted by Gasteiger charge is 2.37. The third-order valence-corrected chi connectivity index (χ3v) is 5.04. The van der Waals surface area contributed by atoms with Gasteiger partial charge in [-0.2, -0.15) is 13.2 Å². The zero-order valence-corrected chi connectivity index (χ0v) is 14.1. The van der Waals surface area contributed by atoms with Gasteiger partial charge in [0, 0.05) is 30.5 Å². The Kier molecular flexibility index (Phi) is 3.85. The molecule has 0 N–H and O–H groups in total. The van der Waals surface area contributed by atoms with Crippen molar-refractivity contribution in [3.63, 3.8) is 0 Å². The van der Waals surface area contributed by atoms with Crippen LogP contribution in [-0.4, -0.2) is 28.1 Å². The number of fused-ring (bicyclic) bond motifs is 3. The molecule has 25 heavy (non-hydrogen) atoms. The van der Waals surface area contributed by atoms with E-state index in [1.165, 1.54) is 5.56 Å². The van der Waals surface area contributed by atoms with Gasteiger partial charge in [0.05, 0.1) is 17.5 Å². The first-order valence-corrected chi connectivity index (χ1v) is 8.69. The molecule has 0 aliphatic carbocycles. The van der Waals surface area contributed by atoms with E-state index in [1.54, 1.807) is 0 Å². The number of nitrogens with zero attached hydrogens (tertiary/aromatic N) is 3. The molecule has 0 amide bonds. The minimum Gasteiger partial charge on any atom is -0.368 e. The van der Waals surface area contributed by atoms with E-state index in [4.69, 9.17) is 0 Å². The maximum atomic E-state index is 12.8. The van der Waals surface area contributed by atoms with Crippen LogP contribution in [0.1, 0.15) is 31.7 Å². The minimum atomic E-state index is -4.13. The number of halogens is 3. The van der Waals surface area contributed by atoms with Gasteiger partial charge in [-0.05, 0) is 43.0 Å². The summed E-state index contributed by atoms with van der Waals surface area (Å²) in [6.45, 7) is 2.77. The fourth-order valence-corrected chi connectivity index (χ4v) is 3.80. The number of benzene rings is 1. The number of rotatable bonds is 3. The number of pyridine rings is 1. The van der Waals surface area contributed by atoms with Crippen molar-refractivity contribution in [3.8, 4) is 0 Å². The van der Waals surface area contributed by atoms with Crippen LogP contribution >= 0.6 is 0 Å². The molecule has 0 unspecified atom stereocenters. The largest absolute Gasteiger partial charge is 0.391 e. The molecule has 6 heteroatoms. The average Bonchev–Trinajstić information content (AvgIpc) is 3.15. The Labute approximate surface area is 144 Å². The number of imidazole rings is 1. The molecule has 1 aliphatic heterocycles. The van der Waals surface area contributed by atoms with Gasteiger partial charge in [-0.25, -0.2) is 4.98 Å². The van der Waals surface area contributed by atoms with Crippen LogP contribution in [0.4, 0.5) is 18.9 Å². The van der Waals surface area contributed by atoms with Crippen LogP contribution in [0.15, 0.2) is 36.5 Å². The molecule has 0 radical (unpaired) electrons. The Balaban J connectivity index is 1.72. The fourth-order valence-electron chi connectivity index (χ4n) is 3.80. The van der Waals surface area contributed by atoms with Gasteiger partial charge in [-0.3, -0.25) is 4.40 Å². The molecule has 1 saturated heterocycles. The summed E-state index contributed by atoms with van der Waals surface area (Å²) < 4.78 is 40.5. The van der Waals surface area contributed by atoms with Gasteiger partial charge in [0.2, 0.25) is 0 Å². The van der Waals surface area contributed by atoms with E-state index in [1.807, 2.05) is 33.7 Å². The molecule has 3 nitrogen and oxygen atoms in total. The van der Waals surface area contributed by atoms with E-state index < -0.39 is 18.6 Å². The quantitative estimate of drug-likeness (QED) is 0.667. The summed E-state index contributed by atoms with van der Waals surface area (Å²) in [7, 11) is 0. The van der Waals surface area contributed by atoms with E-state index >= 15 is 0 Å². The summed E-state index contributed by atoms with van der Waals surface area (Å²) in [6.07, 6.45) is -0.635. The number of aromatic nitrogens is 2. The maximum Gasteiger partial charge on any atom is 0.391 e. The van der Waals surface area contributed by atoms with Crippen LogP contribution in [0.2, 0.25) is 0 Å². The summed E-state index contributed by atoms with van der Waals surface area (Å²) >= 11 is 0. The van der Waals surface area contributed by atoms with E-state index in [0.29, 0.717) is 13.0 Å². The lowest BCUT2D eigenvalue weighted by atomic mass is 10.1. The Morgan fingerprint density at radius 1 is 1.20 bits per heavy atom. The second-order valence-corrected chi connectivity index (χ2v) is 6.71. The highest BCUT2D eigenvalue weighted by Crippen LogP contribution is 2.34. The molecule has 0 saturated carbocycles. The smallest absolute Gasteiger partial charge is 0.368 e. The fraction of sp³-hybridized carbons (Fsp3) is 0.421. The van der Waals surface area contributed by atoms with Crippen molar-refractivity contribution in [2.45, 2.75) is 44.8 Å². The first-order chi connectivity index (χ1) is 11.9. The molecule has 2 aromatic heterocycles. The standard InChI is InChI=1S/C19H20F3N3/c1-2-13-5-6-16-17(10-13)25-9-7-14(11-18(25)23-16)24-8-3-4-15(24)12-19(20,21)22/h5-7,9-11,15H,2-4,8,12H2,1H3/t15-/m0/s1. The molecular formula is C19H20F3N3. The summed E-state index contributed by atoms with van der Waals surface area (Å²) in [6, 6.07) is 9.52. The van der Waals surface area contributed by atoms with Crippen LogP contribution in [-0.2, 0) is 6.42 Å². The minimum absolute atomic E-state index is 0.474. The number of hydrogen-bond acceptors (Lipinski definition) is 2. The van der Waals surface area contributed by atoms with Crippen LogP contribution in [0, 0.1) is 0 Å². The van der Waals surface area contributed by atoms with Gasteiger partial charge >= 0.3 is 6.18 Å². The second kappa shape index (κ2) is 5.93. The zero-order chi connectivity index (χ0) is 17.6. The van der Waals surface area contributed by atoms with Crippen LogP contribution in [0.5, 0.6) is 0 Å². The van der Waals surface area contributed by atoms with Gasteiger partial charge in [-0.15, -0.1) is 0 Å². The summed E-state index contributed by atoms with van der Waals surface area (Å²) in [5.74, 6) is 0. The van der Waals surface area contributed by atoms with Crippen molar-refractivity contribution < 1.29 is 13.2 Å². The molecular weight excluding hydrogens is 327 g/mol. The first kappa shape index (κ1) is 16.2. The van der Waals surface area contributed by atoms with Crippen molar-refractivity contribution in [1.82, 2.24) is 9.38 Å². The third-order valence-electron chi connectivity index (χ3n) is 5.04. The number of aryl methyl sites for hydroxylation is 1. The lowest BCUT2D eigenvalue weighted by Gasteiger charge is -2.27. The van der Waals surface area contributed by atoms with Gasteiger partial charge < -0.3 is 4.90 Å². The SMILES string of the molecule is CCc1ccc2nc3cc(N4CCC[C@H]4CC(F)(F)F)ccn3c2c1. The topological polar surface area (TPSA) is 20.5 Å². The number of hydrogen-bond donors (Lipinski definition) is 0. The van der Waals surface area contributed by atoms with Crippen LogP contribution < -0.4 is 4.90 Å². The third kappa shape index (κ3) is 3.05. The van der Waals surface area contributed by atoms with Gasteiger partial charge in [-0.1, -0.05) is 13.0 Å². The van der Waals surface area contributed by atoms with Gasteiger partial charge in [0.1, 0.15) is 5.65 Å². The molecule has 132 valence electrons. The highest BCUT2D eigenvalue weighted by atomic mass is 19.4. The molecule has 1 atom stereocenters. The van der Waals surface area contributed by atoms with Crippen LogP contribution in [0.3, 0.4) is 0 Å². The Hall–Kier alpha value is -2.24. The van der Waals surface area contributed by atoms with Crippen molar-refractivity contribution in [2.75, 3.05) is 11.4 Å². The number of alkyl halides is 3. The lowest BCUT2D eigenvalue weighted by Crippen LogP contribution is -2.33. The van der Waals surface area contributed by atoms with E-state index in [0.717, 1.165) is 35.2 Å². The summed E-state index contributed by atoms with van der Waals surface area (Å²) in [5, 5.41) is 0. The monoisotopic (exact) mass is 347 g/mol. The van der Waals surface area contributed by atoms with Gasteiger partial charge in [0.25, 0.3) is 0 Å². The molecule has 3 aromatic rings. The highest BCUT2D eigenvalue weighted by molar-refractivity contribution is 5.82. The van der Waals surface area contributed by atoms with Crippen molar-refractivity contribution >= 4 is 22.4 Å². The summed E-state index contributed by atoms with van der Waals surface area (Å²) in [4.78, 5) is 6.52. The Bertz CT molecular complexity index is 913. The van der Waals surface area contributed by atoms with Crippen molar-refractivity contribution in [1.29, 1.82) is 0 Å². The average molecular weight is 347 g/mol. The zero-order valence-electron chi connectivity index (χ0n) is 14.1. The molecule has 0 spiro atoms. The number of anilines is 1. The Morgan fingerprint density at radius 3 is 2.80 bits per heavy atom. The predicted octanol–water partition coefficient (Wildman–Crippen LogP) is 4.97. The molecule has 1 aliphatic rings. The predicted molar refractivity (Wildman–Crippen MR) is 93.1 cm³/mol. The molecule has 3 heterocycles. The molecule has 1 fully saturated rings. The van der Waals surface area contributed by atoms with E-state index in [-0.39, 0.29) is 0 Å². The normalized spacial score (nSPS) is 18.6. The lowest BCUT2D eigenvalue weighted by molar-refractivity contribution is -0.137. The summed E-state index contributed by atoms with van der Waals surface area (Å²) in [5.41, 5.74) is 4.78. The molecule has 4 rings (SSSR count). The van der Waals surface area contributed by atoms with Crippen LogP contribution in [0.25, 0.3) is 16.7 Å². The van der Waals surface area contributed by atoms with Gasteiger partial charge in [0.15, 0.2) is 0 Å². The second-order valence-electron chi connectivity index (χ2n) is 6.71. The van der Waals surface area contributed by atoms with E-state index in [9.17, 15) is 13.2 Å². The van der Waals surface area contributed by atoms with Crippen molar-refractivity contribution in [3.05, 3.63) is 42.1 Å². The first-order valence-electron chi connectivity index (χ1n) is 8.69. The van der Waals surface area contributed by atoms with E-state index in [2.05, 4.69) is 24.0 Å².